The topological polar surface area (TPSA) is 38.3 Å². The molecule has 3 heteroatoms. The molecule has 0 fully saturated rings. The fourth-order valence-electron chi connectivity index (χ4n) is 2.34. The number of para-hydroxylation sites is 1. The van der Waals surface area contributed by atoms with Gasteiger partial charge >= 0.3 is 0 Å². The Morgan fingerprint density at radius 2 is 1.83 bits per heavy atom. The van der Waals surface area contributed by atoms with Crippen LogP contribution in [0.5, 0.6) is 5.75 Å². The number of amides is 1. The number of anilines is 1. The molecule has 3 nitrogen and oxygen atoms in total. The monoisotopic (exact) mass is 311 g/mol. The average Bonchev–Trinajstić information content (AvgIpc) is 2.55. The van der Waals surface area contributed by atoms with Crippen LogP contribution in [0.1, 0.15) is 56.0 Å². The van der Waals surface area contributed by atoms with Crippen molar-refractivity contribution in [2.75, 3.05) is 5.32 Å². The lowest BCUT2D eigenvalue weighted by molar-refractivity contribution is 0.102. The summed E-state index contributed by atoms with van der Waals surface area (Å²) in [6.45, 7) is 8.33. The van der Waals surface area contributed by atoms with Crippen LogP contribution in [0.4, 0.5) is 5.69 Å². The SMILES string of the molecule is CCC(C)Oc1cccc(C(=O)Nc2ccccc2C(C)C)c1. The first-order valence-corrected chi connectivity index (χ1v) is 8.18. The van der Waals surface area contributed by atoms with E-state index in [0.29, 0.717) is 11.5 Å². The molecule has 0 aliphatic rings. The van der Waals surface area contributed by atoms with Crippen molar-refractivity contribution in [1.82, 2.24) is 0 Å². The maximum Gasteiger partial charge on any atom is 0.255 e. The molecular weight excluding hydrogens is 286 g/mol. The molecule has 1 amide bonds. The van der Waals surface area contributed by atoms with E-state index in [2.05, 4.69) is 26.1 Å². The summed E-state index contributed by atoms with van der Waals surface area (Å²) in [6.07, 6.45) is 1.06. The number of hydrogen-bond acceptors (Lipinski definition) is 2. The third kappa shape index (κ3) is 4.59. The summed E-state index contributed by atoms with van der Waals surface area (Å²) < 4.78 is 5.79. The fraction of sp³-hybridized carbons (Fsp3) is 0.350. The molecule has 1 N–H and O–H groups in total. The van der Waals surface area contributed by atoms with Crippen LogP contribution in [0.15, 0.2) is 48.5 Å². The highest BCUT2D eigenvalue weighted by Crippen LogP contribution is 2.24. The van der Waals surface area contributed by atoms with Gasteiger partial charge in [0.25, 0.3) is 5.91 Å². The summed E-state index contributed by atoms with van der Waals surface area (Å²) in [7, 11) is 0. The van der Waals surface area contributed by atoms with E-state index < -0.39 is 0 Å². The Kier molecular flexibility index (Phi) is 5.80. The maximum absolute atomic E-state index is 12.5. The zero-order chi connectivity index (χ0) is 16.8. The van der Waals surface area contributed by atoms with Crippen molar-refractivity contribution in [1.29, 1.82) is 0 Å². The zero-order valence-corrected chi connectivity index (χ0v) is 14.3. The van der Waals surface area contributed by atoms with Gasteiger partial charge in [-0.3, -0.25) is 4.79 Å². The van der Waals surface area contributed by atoms with Gasteiger partial charge < -0.3 is 10.1 Å². The predicted octanol–water partition coefficient (Wildman–Crippen LogP) is 5.24. The lowest BCUT2D eigenvalue weighted by Crippen LogP contribution is -2.14. The zero-order valence-electron chi connectivity index (χ0n) is 14.3. The van der Waals surface area contributed by atoms with Crippen molar-refractivity contribution in [3.8, 4) is 5.75 Å². The maximum atomic E-state index is 12.5. The highest BCUT2D eigenvalue weighted by molar-refractivity contribution is 6.04. The summed E-state index contributed by atoms with van der Waals surface area (Å²) >= 11 is 0. The molecule has 0 saturated carbocycles. The Bertz CT molecular complexity index is 664. The molecule has 23 heavy (non-hydrogen) atoms. The van der Waals surface area contributed by atoms with Crippen LogP contribution in [0.25, 0.3) is 0 Å². The Morgan fingerprint density at radius 3 is 2.52 bits per heavy atom. The van der Waals surface area contributed by atoms with Crippen molar-refractivity contribution in [2.24, 2.45) is 0 Å². The third-order valence-corrected chi connectivity index (χ3v) is 3.84. The van der Waals surface area contributed by atoms with Crippen LogP contribution in [0, 0.1) is 0 Å². The Hall–Kier alpha value is -2.29. The van der Waals surface area contributed by atoms with E-state index in [1.165, 1.54) is 0 Å². The van der Waals surface area contributed by atoms with Crippen LogP contribution in [-0.4, -0.2) is 12.0 Å². The van der Waals surface area contributed by atoms with Gasteiger partial charge in [-0.1, -0.05) is 45.0 Å². The van der Waals surface area contributed by atoms with Crippen LogP contribution in [-0.2, 0) is 0 Å². The van der Waals surface area contributed by atoms with Crippen molar-refractivity contribution in [3.05, 3.63) is 59.7 Å². The lowest BCUT2D eigenvalue weighted by atomic mass is 10.0. The number of carbonyl (C=O) groups excluding carboxylic acids is 1. The third-order valence-electron chi connectivity index (χ3n) is 3.84. The van der Waals surface area contributed by atoms with Crippen LogP contribution < -0.4 is 10.1 Å². The minimum Gasteiger partial charge on any atom is -0.491 e. The van der Waals surface area contributed by atoms with E-state index in [9.17, 15) is 4.79 Å². The van der Waals surface area contributed by atoms with Crippen molar-refractivity contribution >= 4 is 11.6 Å². The van der Waals surface area contributed by atoms with Crippen LogP contribution >= 0.6 is 0 Å². The summed E-state index contributed by atoms with van der Waals surface area (Å²) in [5.41, 5.74) is 2.60. The molecule has 0 bridgehead atoms. The van der Waals surface area contributed by atoms with Gasteiger partial charge in [0.1, 0.15) is 5.75 Å². The molecule has 1 atom stereocenters. The molecule has 0 heterocycles. The molecule has 0 saturated heterocycles. The molecule has 0 radical (unpaired) electrons. The summed E-state index contributed by atoms with van der Waals surface area (Å²) in [4.78, 5) is 12.5. The van der Waals surface area contributed by atoms with Crippen molar-refractivity contribution < 1.29 is 9.53 Å². The molecular formula is C20H25NO2. The number of carbonyl (C=O) groups is 1. The second-order valence-electron chi connectivity index (χ2n) is 6.06. The van der Waals surface area contributed by atoms with Gasteiger partial charge in [0, 0.05) is 11.3 Å². The second kappa shape index (κ2) is 7.82. The van der Waals surface area contributed by atoms with Crippen molar-refractivity contribution in [3.63, 3.8) is 0 Å². The van der Waals surface area contributed by atoms with Gasteiger partial charge in [-0.2, -0.15) is 0 Å². The highest BCUT2D eigenvalue weighted by Gasteiger charge is 2.12. The van der Waals surface area contributed by atoms with E-state index >= 15 is 0 Å². The van der Waals surface area contributed by atoms with Gasteiger partial charge in [0.15, 0.2) is 0 Å². The van der Waals surface area contributed by atoms with Gasteiger partial charge in [0.2, 0.25) is 0 Å². The highest BCUT2D eigenvalue weighted by atomic mass is 16.5. The number of hydrogen-bond donors (Lipinski definition) is 1. The van der Waals surface area contributed by atoms with E-state index in [0.717, 1.165) is 23.4 Å². The Labute approximate surface area is 138 Å². The first-order valence-electron chi connectivity index (χ1n) is 8.18. The smallest absolute Gasteiger partial charge is 0.255 e. The predicted molar refractivity (Wildman–Crippen MR) is 95.3 cm³/mol. The van der Waals surface area contributed by atoms with Gasteiger partial charge in [-0.15, -0.1) is 0 Å². The van der Waals surface area contributed by atoms with Gasteiger partial charge in [0.05, 0.1) is 6.10 Å². The standard InChI is InChI=1S/C20H25NO2/c1-5-15(4)23-17-10-8-9-16(13-17)20(22)21-19-12-7-6-11-18(19)14(2)3/h6-15H,5H2,1-4H3,(H,21,22). The Morgan fingerprint density at radius 1 is 1.09 bits per heavy atom. The lowest BCUT2D eigenvalue weighted by Gasteiger charge is -2.15. The molecule has 0 aliphatic heterocycles. The molecule has 2 aromatic carbocycles. The largest absolute Gasteiger partial charge is 0.491 e. The minimum atomic E-state index is -0.118. The number of ether oxygens (including phenoxy) is 1. The van der Waals surface area contributed by atoms with Crippen LogP contribution in [0.3, 0.4) is 0 Å². The Balaban J connectivity index is 2.17. The van der Waals surface area contributed by atoms with Crippen LogP contribution in [0.2, 0.25) is 0 Å². The second-order valence-corrected chi connectivity index (χ2v) is 6.06. The van der Waals surface area contributed by atoms with E-state index in [1.807, 2.05) is 43.3 Å². The molecule has 2 aromatic rings. The summed E-state index contributed by atoms with van der Waals surface area (Å²) in [5, 5.41) is 3.01. The molecule has 1 unspecified atom stereocenters. The molecule has 0 spiro atoms. The van der Waals surface area contributed by atoms with Crippen molar-refractivity contribution in [2.45, 2.75) is 46.1 Å². The average molecular weight is 311 g/mol. The molecule has 0 aromatic heterocycles. The van der Waals surface area contributed by atoms with E-state index in [-0.39, 0.29) is 12.0 Å². The summed E-state index contributed by atoms with van der Waals surface area (Å²) in [5.74, 6) is 0.961. The number of rotatable bonds is 6. The first-order chi connectivity index (χ1) is 11.0. The quantitative estimate of drug-likeness (QED) is 0.792. The molecule has 122 valence electrons. The molecule has 0 aliphatic carbocycles. The van der Waals surface area contributed by atoms with E-state index in [4.69, 9.17) is 4.74 Å². The van der Waals surface area contributed by atoms with E-state index in [1.54, 1.807) is 12.1 Å². The number of benzene rings is 2. The molecule has 2 rings (SSSR count). The van der Waals surface area contributed by atoms with Gasteiger partial charge in [-0.25, -0.2) is 0 Å². The number of nitrogens with one attached hydrogen (secondary N) is 1. The fourth-order valence-corrected chi connectivity index (χ4v) is 2.34. The summed E-state index contributed by atoms with van der Waals surface area (Å²) in [6, 6.07) is 15.2. The first kappa shape index (κ1) is 17.1. The van der Waals surface area contributed by atoms with Gasteiger partial charge in [-0.05, 0) is 49.1 Å². The normalized spacial score (nSPS) is 12.0. The minimum absolute atomic E-state index is 0.118.